The maximum absolute atomic E-state index is 12.3. The first-order valence-electron chi connectivity index (χ1n) is 9.08. The molecule has 1 unspecified atom stereocenters. The fourth-order valence-corrected chi connectivity index (χ4v) is 3.59. The van der Waals surface area contributed by atoms with Crippen molar-refractivity contribution in [1.82, 2.24) is 5.32 Å². The van der Waals surface area contributed by atoms with Crippen molar-refractivity contribution < 1.29 is 9.59 Å². The summed E-state index contributed by atoms with van der Waals surface area (Å²) in [6.07, 6.45) is 4.50. The van der Waals surface area contributed by atoms with Crippen molar-refractivity contribution in [3.8, 4) is 0 Å². The first kappa shape index (κ1) is 21.4. The second kappa shape index (κ2) is 10.4. The third-order valence-corrected chi connectivity index (χ3v) is 5.48. The van der Waals surface area contributed by atoms with Crippen LogP contribution in [0.4, 0.5) is 5.69 Å². The highest BCUT2D eigenvalue weighted by molar-refractivity contribution is 7.09. The minimum absolute atomic E-state index is 0. The number of amides is 2. The van der Waals surface area contributed by atoms with E-state index in [0.717, 1.165) is 25.7 Å². The van der Waals surface area contributed by atoms with Crippen molar-refractivity contribution in [3.05, 3.63) is 52.2 Å². The normalized spacial score (nSPS) is 14.1. The summed E-state index contributed by atoms with van der Waals surface area (Å²) in [6, 6.07) is 11.2. The van der Waals surface area contributed by atoms with Gasteiger partial charge in [0.1, 0.15) is 0 Å². The Morgan fingerprint density at radius 3 is 2.74 bits per heavy atom. The number of halogens is 1. The van der Waals surface area contributed by atoms with E-state index in [1.807, 2.05) is 11.4 Å². The van der Waals surface area contributed by atoms with Gasteiger partial charge in [-0.3, -0.25) is 9.59 Å². The van der Waals surface area contributed by atoms with Gasteiger partial charge in [-0.15, -0.1) is 23.7 Å². The molecule has 1 atom stereocenters. The van der Waals surface area contributed by atoms with Crippen LogP contribution in [0.5, 0.6) is 0 Å². The summed E-state index contributed by atoms with van der Waals surface area (Å²) >= 11 is 1.71. The molecule has 1 fully saturated rings. The molecule has 2 amide bonds. The first-order chi connectivity index (χ1) is 12.6. The number of carbonyl (C=O) groups is 2. The highest BCUT2D eigenvalue weighted by atomic mass is 35.5. The quantitative estimate of drug-likeness (QED) is 0.593. The number of carbonyl (C=O) groups excluding carboxylic acids is 2. The van der Waals surface area contributed by atoms with Crippen molar-refractivity contribution in [3.63, 3.8) is 0 Å². The number of nitrogens with two attached hydrogens (primary N) is 1. The van der Waals surface area contributed by atoms with Crippen molar-refractivity contribution in [1.29, 1.82) is 0 Å². The van der Waals surface area contributed by atoms with Crippen LogP contribution in [0.25, 0.3) is 0 Å². The highest BCUT2D eigenvalue weighted by Crippen LogP contribution is 2.31. The molecule has 146 valence electrons. The van der Waals surface area contributed by atoms with Crippen LogP contribution in [0.1, 0.15) is 40.9 Å². The highest BCUT2D eigenvalue weighted by Gasteiger charge is 2.28. The van der Waals surface area contributed by atoms with Crippen LogP contribution in [0.15, 0.2) is 41.8 Å². The Kier molecular flexibility index (Phi) is 8.28. The van der Waals surface area contributed by atoms with Gasteiger partial charge in [0.2, 0.25) is 5.91 Å². The molecule has 4 N–H and O–H groups in total. The molecule has 1 aliphatic carbocycles. The standard InChI is InChI=1S/C20H25N3O2S.ClH/c21-18(14-9-10-14)13-22-20(25)15-4-1-5-16(12-15)23-19(24)8-2-6-17-7-3-11-26-17;/h1,3-5,7,11-12,14,18H,2,6,8-10,13,21H2,(H,22,25)(H,23,24);1H. The predicted octanol–water partition coefficient (Wildman–Crippen LogP) is 3.60. The topological polar surface area (TPSA) is 84.2 Å². The van der Waals surface area contributed by atoms with E-state index >= 15 is 0 Å². The summed E-state index contributed by atoms with van der Waals surface area (Å²) in [5.74, 6) is 0.361. The predicted molar refractivity (Wildman–Crippen MR) is 113 cm³/mol. The van der Waals surface area contributed by atoms with E-state index in [4.69, 9.17) is 5.73 Å². The summed E-state index contributed by atoms with van der Waals surface area (Å²) in [6.45, 7) is 0.489. The zero-order chi connectivity index (χ0) is 18.4. The number of nitrogens with one attached hydrogen (secondary N) is 2. The molecule has 0 bridgehead atoms. The van der Waals surface area contributed by atoms with Gasteiger partial charge in [-0.25, -0.2) is 0 Å². The molecule has 0 saturated heterocycles. The number of hydrogen-bond donors (Lipinski definition) is 3. The van der Waals surface area contributed by atoms with E-state index in [9.17, 15) is 9.59 Å². The van der Waals surface area contributed by atoms with Crippen molar-refractivity contribution in [2.24, 2.45) is 11.7 Å². The Hall–Kier alpha value is -1.89. The Morgan fingerprint density at radius 1 is 1.22 bits per heavy atom. The Morgan fingerprint density at radius 2 is 2.04 bits per heavy atom. The molecular weight excluding hydrogens is 382 g/mol. The van der Waals surface area contributed by atoms with Gasteiger partial charge in [0, 0.05) is 35.1 Å². The fraction of sp³-hybridized carbons (Fsp3) is 0.400. The molecule has 7 heteroatoms. The third kappa shape index (κ3) is 6.97. The molecule has 1 aromatic carbocycles. The van der Waals surface area contributed by atoms with E-state index in [1.165, 1.54) is 4.88 Å². The van der Waals surface area contributed by atoms with Gasteiger partial charge in [-0.1, -0.05) is 12.1 Å². The molecule has 0 spiro atoms. The molecule has 1 aliphatic rings. The van der Waals surface area contributed by atoms with Gasteiger partial charge < -0.3 is 16.4 Å². The fourth-order valence-electron chi connectivity index (χ4n) is 2.84. The third-order valence-electron chi connectivity index (χ3n) is 4.54. The molecule has 27 heavy (non-hydrogen) atoms. The second-order valence-electron chi connectivity index (χ2n) is 6.77. The van der Waals surface area contributed by atoms with Gasteiger partial charge in [-0.2, -0.15) is 0 Å². The molecule has 0 radical (unpaired) electrons. The van der Waals surface area contributed by atoms with Crippen LogP contribution in [-0.2, 0) is 11.2 Å². The zero-order valence-electron chi connectivity index (χ0n) is 15.1. The number of rotatable bonds is 9. The van der Waals surface area contributed by atoms with Gasteiger partial charge in [0.05, 0.1) is 0 Å². The smallest absolute Gasteiger partial charge is 0.251 e. The van der Waals surface area contributed by atoms with Crippen molar-refractivity contribution in [2.75, 3.05) is 11.9 Å². The summed E-state index contributed by atoms with van der Waals surface area (Å²) < 4.78 is 0. The number of hydrogen-bond acceptors (Lipinski definition) is 4. The monoisotopic (exact) mass is 407 g/mol. The van der Waals surface area contributed by atoms with Crippen LogP contribution in [0.2, 0.25) is 0 Å². The van der Waals surface area contributed by atoms with E-state index < -0.39 is 0 Å². The summed E-state index contributed by atoms with van der Waals surface area (Å²) in [5, 5.41) is 7.79. The first-order valence-corrected chi connectivity index (χ1v) is 9.96. The lowest BCUT2D eigenvalue weighted by molar-refractivity contribution is -0.116. The van der Waals surface area contributed by atoms with Gasteiger partial charge in [0.25, 0.3) is 5.91 Å². The average Bonchev–Trinajstić information content (AvgIpc) is 3.37. The molecule has 0 aliphatic heterocycles. The molecule has 2 aromatic rings. The van der Waals surface area contributed by atoms with Gasteiger partial charge >= 0.3 is 0 Å². The number of benzene rings is 1. The van der Waals surface area contributed by atoms with E-state index in [1.54, 1.807) is 35.6 Å². The molecule has 1 aromatic heterocycles. The van der Waals surface area contributed by atoms with Crippen LogP contribution in [-0.4, -0.2) is 24.4 Å². The van der Waals surface area contributed by atoms with E-state index in [-0.39, 0.29) is 30.3 Å². The Labute approximate surface area is 170 Å². The minimum atomic E-state index is -0.158. The molecule has 5 nitrogen and oxygen atoms in total. The van der Waals surface area contributed by atoms with Crippen LogP contribution >= 0.6 is 23.7 Å². The molecule has 1 saturated carbocycles. The van der Waals surface area contributed by atoms with Gasteiger partial charge in [0.15, 0.2) is 0 Å². The summed E-state index contributed by atoms with van der Waals surface area (Å²) in [4.78, 5) is 25.6. The van der Waals surface area contributed by atoms with Crippen LogP contribution in [0.3, 0.4) is 0 Å². The lowest BCUT2D eigenvalue weighted by Crippen LogP contribution is -2.38. The van der Waals surface area contributed by atoms with Crippen LogP contribution < -0.4 is 16.4 Å². The zero-order valence-corrected chi connectivity index (χ0v) is 16.8. The average molecular weight is 408 g/mol. The number of anilines is 1. The van der Waals surface area contributed by atoms with Gasteiger partial charge in [-0.05, 0) is 61.2 Å². The number of aryl methyl sites for hydroxylation is 1. The lowest BCUT2D eigenvalue weighted by Gasteiger charge is -2.12. The lowest BCUT2D eigenvalue weighted by atomic mass is 10.1. The van der Waals surface area contributed by atoms with Crippen molar-refractivity contribution >= 4 is 41.2 Å². The van der Waals surface area contributed by atoms with Crippen molar-refractivity contribution in [2.45, 2.75) is 38.1 Å². The summed E-state index contributed by atoms with van der Waals surface area (Å²) in [7, 11) is 0. The molecule has 3 rings (SSSR count). The SMILES string of the molecule is Cl.NC(CNC(=O)c1cccc(NC(=O)CCCc2cccs2)c1)C1CC1. The maximum Gasteiger partial charge on any atom is 0.251 e. The second-order valence-corrected chi connectivity index (χ2v) is 7.81. The largest absolute Gasteiger partial charge is 0.350 e. The maximum atomic E-state index is 12.3. The molecular formula is C20H26ClN3O2S. The minimum Gasteiger partial charge on any atom is -0.350 e. The summed E-state index contributed by atoms with van der Waals surface area (Å²) in [5.41, 5.74) is 7.19. The molecule has 1 heterocycles. The van der Waals surface area contributed by atoms with E-state index in [2.05, 4.69) is 16.7 Å². The van der Waals surface area contributed by atoms with Crippen LogP contribution in [0, 0.1) is 5.92 Å². The Balaban J connectivity index is 0.00000261. The number of thiophene rings is 1. The Bertz CT molecular complexity index is 747. The van der Waals surface area contributed by atoms with E-state index in [0.29, 0.717) is 30.1 Å².